The molecule has 0 saturated heterocycles. The molecule has 2 amide bonds. The smallest absolute Gasteiger partial charge is 0.244 e. The first-order valence-electron chi connectivity index (χ1n) is 15.0. The van der Waals surface area contributed by atoms with Gasteiger partial charge in [-0.05, 0) is 53.6 Å². The number of nitrogens with zero attached hydrogens (tertiary/aromatic N) is 2. The molecule has 0 spiro atoms. The van der Waals surface area contributed by atoms with Gasteiger partial charge in [-0.3, -0.25) is 13.9 Å². The Hall–Kier alpha value is -3.17. The summed E-state index contributed by atoms with van der Waals surface area (Å²) in [7, 11) is -3.83. The molecule has 1 atom stereocenters. The van der Waals surface area contributed by atoms with Crippen molar-refractivity contribution in [3.8, 4) is 0 Å². The maximum Gasteiger partial charge on any atom is 0.244 e. The van der Waals surface area contributed by atoms with E-state index in [1.54, 1.807) is 17.0 Å². The van der Waals surface area contributed by atoms with E-state index in [1.165, 1.54) is 4.31 Å². The molecular formula is C34H42BrN3O4S. The first kappa shape index (κ1) is 32.7. The molecule has 1 fully saturated rings. The van der Waals surface area contributed by atoms with Crippen molar-refractivity contribution in [2.24, 2.45) is 0 Å². The number of benzene rings is 3. The van der Waals surface area contributed by atoms with Crippen LogP contribution in [0.15, 0.2) is 83.3 Å². The standard InChI is InChI=1S/C34H42BrN3O4S/c1-25(2)30-19-10-11-20-31(30)38(43(3,41)42)24-33(39)37(23-27-15-12-16-28(35)21-27)32(22-26-13-6-4-7-14-26)34(40)36-29-17-8-5-9-18-29/h4,6-7,10-16,19-21,25,29,32H,5,8-9,17-18,22-24H2,1-3H3,(H,36,40)/t32-/m0/s1. The van der Waals surface area contributed by atoms with Crippen LogP contribution in [-0.4, -0.2) is 50.0 Å². The summed E-state index contributed by atoms with van der Waals surface area (Å²) in [6.45, 7) is 3.72. The van der Waals surface area contributed by atoms with Crippen LogP contribution < -0.4 is 9.62 Å². The molecule has 0 radical (unpaired) electrons. The van der Waals surface area contributed by atoms with Gasteiger partial charge in [0.15, 0.2) is 0 Å². The molecule has 3 aromatic carbocycles. The van der Waals surface area contributed by atoms with Crippen molar-refractivity contribution in [2.75, 3.05) is 17.1 Å². The highest BCUT2D eigenvalue weighted by molar-refractivity contribution is 9.10. The van der Waals surface area contributed by atoms with E-state index in [0.29, 0.717) is 12.1 Å². The third-order valence-corrected chi connectivity index (χ3v) is 9.59. The summed E-state index contributed by atoms with van der Waals surface area (Å²) in [4.78, 5) is 30.0. The summed E-state index contributed by atoms with van der Waals surface area (Å²) in [5.74, 6) is -0.614. The van der Waals surface area contributed by atoms with Crippen molar-refractivity contribution in [3.05, 3.63) is 100 Å². The van der Waals surface area contributed by atoms with Gasteiger partial charge in [-0.2, -0.15) is 0 Å². The van der Waals surface area contributed by atoms with Crippen molar-refractivity contribution >= 4 is 43.5 Å². The van der Waals surface area contributed by atoms with Gasteiger partial charge < -0.3 is 10.2 Å². The molecule has 1 N–H and O–H groups in total. The van der Waals surface area contributed by atoms with Crippen LogP contribution in [0.25, 0.3) is 0 Å². The summed E-state index contributed by atoms with van der Waals surface area (Å²) in [5, 5.41) is 3.24. The fourth-order valence-electron chi connectivity index (χ4n) is 5.73. The van der Waals surface area contributed by atoms with Gasteiger partial charge in [-0.15, -0.1) is 0 Å². The number of hydrogen-bond acceptors (Lipinski definition) is 4. The number of carbonyl (C=O) groups excluding carboxylic acids is 2. The quantitative estimate of drug-likeness (QED) is 0.241. The minimum atomic E-state index is -3.83. The molecule has 0 aliphatic heterocycles. The summed E-state index contributed by atoms with van der Waals surface area (Å²) in [5.41, 5.74) is 3.06. The minimum Gasteiger partial charge on any atom is -0.352 e. The molecule has 3 aromatic rings. The number of hydrogen-bond donors (Lipinski definition) is 1. The lowest BCUT2D eigenvalue weighted by molar-refractivity contribution is -0.140. The molecule has 0 aromatic heterocycles. The van der Waals surface area contributed by atoms with Crippen LogP contribution in [0.2, 0.25) is 0 Å². The topological polar surface area (TPSA) is 86.8 Å². The Morgan fingerprint density at radius 2 is 1.56 bits per heavy atom. The minimum absolute atomic E-state index is 0.0421. The first-order valence-corrected chi connectivity index (χ1v) is 17.6. The molecule has 1 aliphatic rings. The summed E-state index contributed by atoms with van der Waals surface area (Å²) >= 11 is 3.52. The van der Waals surface area contributed by atoms with Gasteiger partial charge in [-0.25, -0.2) is 8.42 Å². The molecule has 1 aliphatic carbocycles. The van der Waals surface area contributed by atoms with Crippen LogP contribution >= 0.6 is 15.9 Å². The van der Waals surface area contributed by atoms with E-state index >= 15 is 0 Å². The molecule has 0 bridgehead atoms. The highest BCUT2D eigenvalue weighted by Gasteiger charge is 2.34. The molecule has 4 rings (SSSR count). The van der Waals surface area contributed by atoms with Gasteiger partial charge >= 0.3 is 0 Å². The van der Waals surface area contributed by atoms with E-state index in [2.05, 4.69) is 21.2 Å². The molecular weight excluding hydrogens is 626 g/mol. The van der Waals surface area contributed by atoms with Gasteiger partial charge in [0.2, 0.25) is 21.8 Å². The number of carbonyl (C=O) groups is 2. The SMILES string of the molecule is CC(C)c1ccccc1N(CC(=O)N(Cc1cccc(Br)c1)[C@@H](Cc1ccccc1)C(=O)NC1CCCCC1)S(C)(=O)=O. The number of anilines is 1. The van der Waals surface area contributed by atoms with Crippen LogP contribution in [0.1, 0.15) is 68.6 Å². The Kier molecular flexibility index (Phi) is 11.4. The number of nitrogens with one attached hydrogen (secondary N) is 1. The summed E-state index contributed by atoms with van der Waals surface area (Å²) in [6.07, 6.45) is 6.54. The largest absolute Gasteiger partial charge is 0.352 e. The predicted molar refractivity (Wildman–Crippen MR) is 176 cm³/mol. The van der Waals surface area contributed by atoms with E-state index in [4.69, 9.17) is 0 Å². The Morgan fingerprint density at radius 1 is 0.907 bits per heavy atom. The number of rotatable bonds is 12. The second-order valence-electron chi connectivity index (χ2n) is 11.7. The van der Waals surface area contributed by atoms with Crippen molar-refractivity contribution in [2.45, 2.75) is 76.9 Å². The highest BCUT2D eigenvalue weighted by atomic mass is 79.9. The number of sulfonamides is 1. The van der Waals surface area contributed by atoms with E-state index in [9.17, 15) is 18.0 Å². The third kappa shape index (κ3) is 9.16. The fourth-order valence-corrected chi connectivity index (χ4v) is 7.04. The van der Waals surface area contributed by atoms with Crippen molar-refractivity contribution in [1.82, 2.24) is 10.2 Å². The second kappa shape index (κ2) is 15.0. The van der Waals surface area contributed by atoms with E-state index < -0.39 is 28.5 Å². The van der Waals surface area contributed by atoms with E-state index in [0.717, 1.165) is 59.5 Å². The molecule has 9 heteroatoms. The number of amides is 2. The van der Waals surface area contributed by atoms with Crippen LogP contribution in [0.3, 0.4) is 0 Å². The maximum atomic E-state index is 14.4. The van der Waals surface area contributed by atoms with Gasteiger partial charge in [-0.1, -0.05) is 110 Å². The Morgan fingerprint density at radius 3 is 2.21 bits per heavy atom. The van der Waals surface area contributed by atoms with Crippen molar-refractivity contribution < 1.29 is 18.0 Å². The zero-order valence-electron chi connectivity index (χ0n) is 25.2. The maximum absolute atomic E-state index is 14.4. The van der Waals surface area contributed by atoms with Gasteiger partial charge in [0.05, 0.1) is 11.9 Å². The zero-order chi connectivity index (χ0) is 31.0. The molecule has 0 unspecified atom stereocenters. The monoisotopic (exact) mass is 667 g/mol. The molecule has 0 heterocycles. The summed E-state index contributed by atoms with van der Waals surface area (Å²) < 4.78 is 28.4. The summed E-state index contributed by atoms with van der Waals surface area (Å²) in [6, 6.07) is 23.8. The highest BCUT2D eigenvalue weighted by Crippen LogP contribution is 2.29. The molecule has 230 valence electrons. The Labute approximate surface area is 264 Å². The van der Waals surface area contributed by atoms with E-state index in [-0.39, 0.29) is 24.4 Å². The second-order valence-corrected chi connectivity index (χ2v) is 14.5. The number of halogens is 1. The molecule has 7 nitrogen and oxygen atoms in total. The van der Waals surface area contributed by atoms with Gasteiger partial charge in [0, 0.05) is 23.5 Å². The van der Waals surface area contributed by atoms with Crippen LogP contribution in [0.5, 0.6) is 0 Å². The van der Waals surface area contributed by atoms with Crippen LogP contribution in [0.4, 0.5) is 5.69 Å². The van der Waals surface area contributed by atoms with Crippen molar-refractivity contribution in [3.63, 3.8) is 0 Å². The average Bonchev–Trinajstić information content (AvgIpc) is 2.98. The van der Waals surface area contributed by atoms with Gasteiger partial charge in [0.25, 0.3) is 0 Å². The molecule has 43 heavy (non-hydrogen) atoms. The average molecular weight is 669 g/mol. The first-order chi connectivity index (χ1) is 20.5. The van der Waals surface area contributed by atoms with Gasteiger partial charge in [0.1, 0.15) is 12.6 Å². The third-order valence-electron chi connectivity index (χ3n) is 7.97. The lowest BCUT2D eigenvalue weighted by Gasteiger charge is -2.35. The van der Waals surface area contributed by atoms with E-state index in [1.807, 2.05) is 80.6 Å². The van der Waals surface area contributed by atoms with Crippen LogP contribution in [0, 0.1) is 0 Å². The van der Waals surface area contributed by atoms with Crippen LogP contribution in [-0.2, 0) is 32.6 Å². The number of para-hydroxylation sites is 1. The predicted octanol–water partition coefficient (Wildman–Crippen LogP) is 6.43. The lowest BCUT2D eigenvalue weighted by Crippen LogP contribution is -2.55. The fraction of sp³-hybridized carbons (Fsp3) is 0.412. The molecule has 1 saturated carbocycles. The lowest BCUT2D eigenvalue weighted by atomic mass is 9.94. The van der Waals surface area contributed by atoms with Crippen molar-refractivity contribution in [1.29, 1.82) is 0 Å². The normalized spacial score (nSPS) is 14.7. The Bertz CT molecular complexity index is 1490. The Balaban J connectivity index is 1.75. The zero-order valence-corrected chi connectivity index (χ0v) is 27.6.